The summed E-state index contributed by atoms with van der Waals surface area (Å²) in [6.45, 7) is 1.55. The van der Waals surface area contributed by atoms with Crippen molar-refractivity contribution in [2.75, 3.05) is 32.8 Å². The fourth-order valence-corrected chi connectivity index (χ4v) is 5.91. The SMILES string of the molecule is FC1=C(Cl)C2=NOC[C@H]2C2=C3C1=NC(OC[C@@]14CCCN1C[C@H](F)C4)=NN3C[C@H](F)C2. The first-order valence-corrected chi connectivity index (χ1v) is 10.9. The highest BCUT2D eigenvalue weighted by atomic mass is 35.5. The molecule has 5 heterocycles. The Hall–Kier alpha value is -2.07. The smallest absolute Gasteiger partial charge is 0.334 e. The molecule has 0 saturated carbocycles. The first-order valence-electron chi connectivity index (χ1n) is 10.6. The number of hydrogen-bond donors (Lipinski definition) is 0. The predicted molar refractivity (Wildman–Crippen MR) is 108 cm³/mol. The average Bonchev–Trinajstić information content (AvgIpc) is 3.42. The highest BCUT2D eigenvalue weighted by molar-refractivity contribution is 6.47. The second-order valence-electron chi connectivity index (χ2n) is 8.92. The Balaban J connectivity index is 1.36. The fourth-order valence-electron chi connectivity index (χ4n) is 5.65. The first-order chi connectivity index (χ1) is 14.9. The lowest BCUT2D eigenvalue weighted by Crippen LogP contribution is -2.44. The number of hydrazone groups is 1. The van der Waals surface area contributed by atoms with Crippen molar-refractivity contribution in [2.24, 2.45) is 21.2 Å². The molecule has 7 nitrogen and oxygen atoms in total. The van der Waals surface area contributed by atoms with E-state index in [1.165, 1.54) is 5.01 Å². The topological polar surface area (TPSA) is 62.0 Å². The van der Waals surface area contributed by atoms with Gasteiger partial charge in [-0.15, -0.1) is 5.10 Å². The number of hydrogen-bond acceptors (Lipinski definition) is 7. The third-order valence-electron chi connectivity index (χ3n) is 7.02. The minimum atomic E-state index is -1.20. The van der Waals surface area contributed by atoms with Gasteiger partial charge in [0, 0.05) is 19.4 Å². The summed E-state index contributed by atoms with van der Waals surface area (Å²) < 4.78 is 49.9. The molecule has 6 rings (SSSR count). The van der Waals surface area contributed by atoms with Gasteiger partial charge < -0.3 is 9.57 Å². The van der Waals surface area contributed by atoms with Gasteiger partial charge in [-0.2, -0.15) is 4.99 Å². The van der Waals surface area contributed by atoms with Crippen LogP contribution < -0.4 is 0 Å². The van der Waals surface area contributed by atoms with Crippen molar-refractivity contribution in [1.29, 1.82) is 0 Å². The molecule has 11 heteroatoms. The Kier molecular flexibility index (Phi) is 4.40. The molecule has 0 N–H and O–H groups in total. The number of oxime groups is 1. The molecule has 0 bridgehead atoms. The van der Waals surface area contributed by atoms with Gasteiger partial charge in [-0.1, -0.05) is 16.8 Å². The molecule has 0 spiro atoms. The maximum Gasteiger partial charge on any atom is 0.334 e. The summed E-state index contributed by atoms with van der Waals surface area (Å²) in [6.07, 6.45) is 0.210. The van der Waals surface area contributed by atoms with E-state index in [0.717, 1.165) is 19.4 Å². The monoisotopic (exact) mass is 455 g/mol. The zero-order chi connectivity index (χ0) is 21.3. The van der Waals surface area contributed by atoms with E-state index in [4.69, 9.17) is 21.2 Å². The van der Waals surface area contributed by atoms with Gasteiger partial charge in [0.2, 0.25) is 0 Å². The number of allylic oxidation sites excluding steroid dienone is 2. The molecule has 6 aliphatic rings. The maximum absolute atomic E-state index is 15.4. The third-order valence-corrected chi connectivity index (χ3v) is 7.38. The van der Waals surface area contributed by atoms with Gasteiger partial charge in [0.25, 0.3) is 0 Å². The number of aliphatic imine (C=N–C) groups is 1. The van der Waals surface area contributed by atoms with Gasteiger partial charge in [0.1, 0.15) is 42.0 Å². The average molecular weight is 456 g/mol. The molecule has 0 radical (unpaired) electrons. The number of nitrogens with zero attached hydrogens (tertiary/aromatic N) is 5. The largest absolute Gasteiger partial charge is 0.460 e. The summed E-state index contributed by atoms with van der Waals surface area (Å²) in [4.78, 5) is 11.6. The highest BCUT2D eigenvalue weighted by Gasteiger charge is 2.50. The zero-order valence-electron chi connectivity index (χ0n) is 16.7. The summed E-state index contributed by atoms with van der Waals surface area (Å²) in [6, 6.07) is -0.0689. The number of ether oxygens (including phenoxy) is 1. The molecular formula is C20H21ClF3N5O2. The van der Waals surface area contributed by atoms with E-state index >= 15 is 4.39 Å². The number of amidine groups is 1. The third kappa shape index (κ3) is 2.94. The maximum atomic E-state index is 15.4. The normalized spacial score (nSPS) is 37.0. The van der Waals surface area contributed by atoms with E-state index in [-0.39, 0.29) is 48.7 Å². The van der Waals surface area contributed by atoms with Gasteiger partial charge >= 0.3 is 6.02 Å². The van der Waals surface area contributed by atoms with Crippen molar-refractivity contribution in [3.8, 4) is 0 Å². The van der Waals surface area contributed by atoms with Crippen molar-refractivity contribution < 1.29 is 22.7 Å². The molecule has 0 aromatic heterocycles. The quantitative estimate of drug-likeness (QED) is 0.642. The van der Waals surface area contributed by atoms with Gasteiger partial charge in [-0.3, -0.25) is 9.91 Å². The van der Waals surface area contributed by atoms with Crippen LogP contribution in [0, 0.1) is 5.92 Å². The highest BCUT2D eigenvalue weighted by Crippen LogP contribution is 2.43. The molecule has 166 valence electrons. The Morgan fingerprint density at radius 2 is 2.13 bits per heavy atom. The van der Waals surface area contributed by atoms with Crippen LogP contribution in [-0.4, -0.2) is 78.1 Å². The van der Waals surface area contributed by atoms with Crippen LogP contribution in [0.3, 0.4) is 0 Å². The summed E-state index contributed by atoms with van der Waals surface area (Å²) in [5.74, 6) is -1.20. The van der Waals surface area contributed by atoms with Crippen molar-refractivity contribution in [3.63, 3.8) is 0 Å². The van der Waals surface area contributed by atoms with Gasteiger partial charge in [0.15, 0.2) is 5.83 Å². The Labute approximate surface area is 181 Å². The lowest BCUT2D eigenvalue weighted by atomic mass is 9.87. The van der Waals surface area contributed by atoms with Crippen LogP contribution in [0.1, 0.15) is 25.7 Å². The molecule has 1 aliphatic carbocycles. The van der Waals surface area contributed by atoms with Crippen LogP contribution >= 0.6 is 11.6 Å². The lowest BCUT2D eigenvalue weighted by Gasteiger charge is -2.35. The van der Waals surface area contributed by atoms with Crippen LogP contribution in [0.25, 0.3) is 0 Å². The second-order valence-corrected chi connectivity index (χ2v) is 9.30. The van der Waals surface area contributed by atoms with Crippen LogP contribution in [0.4, 0.5) is 13.2 Å². The van der Waals surface area contributed by atoms with Crippen LogP contribution in [-0.2, 0) is 9.57 Å². The fraction of sp³-hybridized carbons (Fsp3) is 0.650. The lowest BCUT2D eigenvalue weighted by molar-refractivity contribution is 0.102. The van der Waals surface area contributed by atoms with Gasteiger partial charge in [-0.25, -0.2) is 13.2 Å². The van der Waals surface area contributed by atoms with E-state index in [9.17, 15) is 8.78 Å². The predicted octanol–water partition coefficient (Wildman–Crippen LogP) is 3.04. The second kappa shape index (κ2) is 6.96. The molecule has 0 amide bonds. The molecular weight excluding hydrogens is 435 g/mol. The summed E-state index contributed by atoms with van der Waals surface area (Å²) in [5.41, 5.74) is 0.856. The summed E-state index contributed by atoms with van der Waals surface area (Å²) >= 11 is 6.28. The molecule has 2 fully saturated rings. The van der Waals surface area contributed by atoms with E-state index in [2.05, 4.69) is 20.1 Å². The zero-order valence-corrected chi connectivity index (χ0v) is 17.4. The van der Waals surface area contributed by atoms with Crippen molar-refractivity contribution >= 4 is 29.0 Å². The Bertz CT molecular complexity index is 995. The van der Waals surface area contributed by atoms with Gasteiger partial charge in [0.05, 0.1) is 23.7 Å². The van der Waals surface area contributed by atoms with E-state index in [1.54, 1.807) is 0 Å². The van der Waals surface area contributed by atoms with Crippen molar-refractivity contribution in [2.45, 2.75) is 43.6 Å². The molecule has 31 heavy (non-hydrogen) atoms. The minimum absolute atomic E-state index is 0.0235. The minimum Gasteiger partial charge on any atom is -0.460 e. The Morgan fingerprint density at radius 1 is 1.26 bits per heavy atom. The molecule has 5 aliphatic heterocycles. The van der Waals surface area contributed by atoms with Crippen molar-refractivity contribution in [3.05, 3.63) is 22.1 Å². The number of fused-ring (bicyclic) bond motifs is 3. The van der Waals surface area contributed by atoms with E-state index < -0.39 is 29.6 Å². The van der Waals surface area contributed by atoms with E-state index in [1.807, 2.05) is 0 Å². The van der Waals surface area contributed by atoms with Crippen LogP contribution in [0.2, 0.25) is 0 Å². The van der Waals surface area contributed by atoms with Crippen LogP contribution in [0.15, 0.2) is 37.4 Å². The summed E-state index contributed by atoms with van der Waals surface area (Å²) in [7, 11) is 0. The van der Waals surface area contributed by atoms with E-state index in [0.29, 0.717) is 24.2 Å². The molecule has 0 aromatic rings. The molecule has 0 aromatic carbocycles. The number of halogens is 4. The summed E-state index contributed by atoms with van der Waals surface area (Å²) in [5, 5.41) is 9.45. The molecule has 2 saturated heterocycles. The molecule has 4 atom stereocenters. The standard InChI is InChI=1S/C20H21ClF3N5O2/c21-14-15(24)17-18-12(13-8-31-27-16(13)14)4-10(22)7-29(18)26-19(25-17)30-9-20-2-1-3-28(20)6-11(23)5-20/h10-11,13H,1-9H2/t10-,11-,13+,20+/m1/s1. The Morgan fingerprint density at radius 3 is 3.00 bits per heavy atom. The molecule has 0 unspecified atom stereocenters. The van der Waals surface area contributed by atoms with Gasteiger partial charge in [-0.05, 0) is 25.0 Å². The number of rotatable bonds is 2. The van der Waals surface area contributed by atoms with Crippen LogP contribution in [0.5, 0.6) is 0 Å². The first kappa shape index (κ1) is 19.6. The number of alkyl halides is 2. The van der Waals surface area contributed by atoms with Crippen molar-refractivity contribution in [1.82, 2.24) is 9.91 Å².